The van der Waals surface area contributed by atoms with E-state index in [0.29, 0.717) is 5.02 Å². The first-order valence-electron chi connectivity index (χ1n) is 18.5. The second-order valence-corrected chi connectivity index (χ2v) is 16.7. The summed E-state index contributed by atoms with van der Waals surface area (Å²) in [5, 5.41) is 3.10. The lowest BCUT2D eigenvalue weighted by Crippen LogP contribution is -2.16. The zero-order chi connectivity index (χ0) is 37.5. The summed E-state index contributed by atoms with van der Waals surface area (Å²) < 4.78 is 0. The molecule has 0 aliphatic heterocycles. The van der Waals surface area contributed by atoms with Crippen molar-refractivity contribution in [1.29, 1.82) is 0 Å². The van der Waals surface area contributed by atoms with Crippen LogP contribution in [0, 0.1) is 13.8 Å². The molecule has 0 unspecified atom stereocenters. The SMILES string of the molecule is Cc1ccc(N(c2ccc(C(C)(C)C)cc2)c2cccc(N(c3ccc(C)cc3)c3ccc(C(C)(C)C)cc3-c3ccc4ccccc4c3)c2Cl)cc1. The number of halogens is 1. The lowest BCUT2D eigenvalue weighted by Gasteiger charge is -2.33. The summed E-state index contributed by atoms with van der Waals surface area (Å²) in [6, 6.07) is 55.0. The van der Waals surface area contributed by atoms with Gasteiger partial charge in [0.2, 0.25) is 0 Å². The molecule has 53 heavy (non-hydrogen) atoms. The predicted octanol–water partition coefficient (Wildman–Crippen LogP) is 15.3. The van der Waals surface area contributed by atoms with E-state index < -0.39 is 0 Å². The van der Waals surface area contributed by atoms with Crippen LogP contribution >= 0.6 is 11.6 Å². The Morgan fingerprint density at radius 3 is 1.47 bits per heavy atom. The third-order valence-corrected chi connectivity index (χ3v) is 10.6. The molecule has 3 heteroatoms. The molecule has 0 saturated carbocycles. The maximum atomic E-state index is 7.76. The monoisotopic (exact) mass is 712 g/mol. The Bertz CT molecular complexity index is 2380. The number of fused-ring (bicyclic) bond motifs is 1. The van der Waals surface area contributed by atoms with Crippen LogP contribution in [0.5, 0.6) is 0 Å². The average molecular weight is 713 g/mol. The molecule has 0 amide bonds. The maximum absolute atomic E-state index is 7.76. The first-order valence-corrected chi connectivity index (χ1v) is 18.9. The summed E-state index contributed by atoms with van der Waals surface area (Å²) in [6.07, 6.45) is 0. The standard InChI is InChI=1S/C50H49ClN2/c1-34-16-25-41(26-17-34)52(42-29-22-39(23-30-42)49(3,4)5)46-14-11-15-47(48(46)51)53(43-27-18-35(2)19-28-43)45-31-24-40(50(6,7)8)33-44(45)38-21-20-36-12-9-10-13-37(36)32-38/h9-33H,1-8H3. The highest BCUT2D eigenvalue weighted by Crippen LogP contribution is 2.49. The largest absolute Gasteiger partial charge is 0.309 e. The third-order valence-electron chi connectivity index (χ3n) is 10.2. The van der Waals surface area contributed by atoms with E-state index in [4.69, 9.17) is 11.6 Å². The van der Waals surface area contributed by atoms with Crippen LogP contribution in [0.4, 0.5) is 34.1 Å². The van der Waals surface area contributed by atoms with Gasteiger partial charge in [-0.15, -0.1) is 0 Å². The zero-order valence-electron chi connectivity index (χ0n) is 32.2. The molecule has 2 nitrogen and oxygen atoms in total. The molecule has 7 rings (SSSR count). The zero-order valence-corrected chi connectivity index (χ0v) is 33.0. The van der Waals surface area contributed by atoms with Crippen LogP contribution in [-0.4, -0.2) is 0 Å². The van der Waals surface area contributed by atoms with E-state index in [9.17, 15) is 0 Å². The van der Waals surface area contributed by atoms with E-state index in [0.717, 1.165) is 45.3 Å². The molecular formula is C50H49ClN2. The molecule has 7 aromatic rings. The van der Waals surface area contributed by atoms with Gasteiger partial charge < -0.3 is 9.80 Å². The molecule has 0 aromatic heterocycles. The average Bonchev–Trinajstić information content (AvgIpc) is 3.14. The van der Waals surface area contributed by atoms with E-state index in [1.807, 2.05) is 0 Å². The lowest BCUT2D eigenvalue weighted by molar-refractivity contribution is 0.590. The number of aryl methyl sites for hydroxylation is 2. The van der Waals surface area contributed by atoms with E-state index in [1.165, 1.54) is 33.0 Å². The minimum Gasteiger partial charge on any atom is -0.309 e. The lowest BCUT2D eigenvalue weighted by atomic mass is 9.84. The smallest absolute Gasteiger partial charge is 0.0887 e. The molecule has 266 valence electrons. The molecular weight excluding hydrogens is 664 g/mol. The summed E-state index contributed by atoms with van der Waals surface area (Å²) in [7, 11) is 0. The van der Waals surface area contributed by atoms with Gasteiger partial charge in [0.1, 0.15) is 0 Å². The van der Waals surface area contributed by atoms with E-state index in [1.54, 1.807) is 0 Å². The van der Waals surface area contributed by atoms with E-state index in [2.05, 4.69) is 217 Å². The fraction of sp³-hybridized carbons (Fsp3) is 0.200. The van der Waals surface area contributed by atoms with Crippen molar-refractivity contribution in [3.63, 3.8) is 0 Å². The van der Waals surface area contributed by atoms with Crippen LogP contribution in [0.3, 0.4) is 0 Å². The number of nitrogens with zero attached hydrogens (tertiary/aromatic N) is 2. The molecule has 0 aliphatic rings. The second-order valence-electron chi connectivity index (χ2n) is 16.3. The summed E-state index contributed by atoms with van der Waals surface area (Å²) in [5.74, 6) is 0. The van der Waals surface area contributed by atoms with Crippen molar-refractivity contribution < 1.29 is 0 Å². The summed E-state index contributed by atoms with van der Waals surface area (Å²) >= 11 is 7.76. The van der Waals surface area contributed by atoms with Gasteiger partial charge in [0.25, 0.3) is 0 Å². The van der Waals surface area contributed by atoms with Gasteiger partial charge in [-0.25, -0.2) is 0 Å². The number of hydrogen-bond donors (Lipinski definition) is 0. The quantitative estimate of drug-likeness (QED) is 0.162. The van der Waals surface area contributed by atoms with Crippen molar-refractivity contribution in [2.75, 3.05) is 9.80 Å². The van der Waals surface area contributed by atoms with Crippen LogP contribution in [0.25, 0.3) is 21.9 Å². The minimum atomic E-state index is -0.0343. The number of anilines is 6. The Labute approximate surface area is 321 Å². The molecule has 0 spiro atoms. The predicted molar refractivity (Wildman–Crippen MR) is 231 cm³/mol. The van der Waals surface area contributed by atoms with Gasteiger partial charge in [-0.3, -0.25) is 0 Å². The third kappa shape index (κ3) is 7.48. The Hall–Kier alpha value is -5.31. The Morgan fingerprint density at radius 2 is 0.906 bits per heavy atom. The topological polar surface area (TPSA) is 6.48 Å². The van der Waals surface area contributed by atoms with Crippen molar-refractivity contribution in [2.45, 2.75) is 66.2 Å². The van der Waals surface area contributed by atoms with Gasteiger partial charge in [0.05, 0.1) is 22.1 Å². The molecule has 0 bridgehead atoms. The molecule has 0 fully saturated rings. The number of rotatable bonds is 7. The molecule has 0 N–H and O–H groups in total. The molecule has 0 aliphatic carbocycles. The Morgan fingerprint density at radius 1 is 0.415 bits per heavy atom. The fourth-order valence-electron chi connectivity index (χ4n) is 6.97. The fourth-order valence-corrected chi connectivity index (χ4v) is 7.27. The number of benzene rings is 7. The molecule has 0 atom stereocenters. The van der Waals surface area contributed by atoms with Crippen LogP contribution in [0.1, 0.15) is 63.8 Å². The van der Waals surface area contributed by atoms with Crippen molar-refractivity contribution in [2.24, 2.45) is 0 Å². The van der Waals surface area contributed by atoms with Crippen LogP contribution in [0.2, 0.25) is 5.02 Å². The van der Waals surface area contributed by atoms with E-state index in [-0.39, 0.29) is 10.8 Å². The van der Waals surface area contributed by atoms with Crippen molar-refractivity contribution in [3.8, 4) is 11.1 Å². The summed E-state index contributed by atoms with van der Waals surface area (Å²) in [5.41, 5.74) is 13.3. The molecule has 0 saturated heterocycles. The van der Waals surface area contributed by atoms with Gasteiger partial charge in [-0.05, 0) is 119 Å². The van der Waals surface area contributed by atoms with Crippen LogP contribution < -0.4 is 9.80 Å². The van der Waals surface area contributed by atoms with Gasteiger partial charge in [0.15, 0.2) is 0 Å². The minimum absolute atomic E-state index is 0.0343. The maximum Gasteiger partial charge on any atom is 0.0887 e. The van der Waals surface area contributed by atoms with Gasteiger partial charge in [-0.1, -0.05) is 149 Å². The number of hydrogen-bond acceptors (Lipinski definition) is 2. The Balaban J connectivity index is 1.47. The van der Waals surface area contributed by atoms with Crippen LogP contribution in [0.15, 0.2) is 152 Å². The summed E-state index contributed by atoms with van der Waals surface area (Å²) in [6.45, 7) is 17.8. The highest BCUT2D eigenvalue weighted by molar-refractivity contribution is 6.36. The van der Waals surface area contributed by atoms with Crippen molar-refractivity contribution >= 4 is 56.5 Å². The molecule has 7 aromatic carbocycles. The van der Waals surface area contributed by atoms with Gasteiger partial charge in [0, 0.05) is 22.6 Å². The highest BCUT2D eigenvalue weighted by Gasteiger charge is 2.26. The van der Waals surface area contributed by atoms with Crippen LogP contribution in [-0.2, 0) is 10.8 Å². The summed E-state index contributed by atoms with van der Waals surface area (Å²) in [4.78, 5) is 4.61. The molecule has 0 heterocycles. The normalized spacial score (nSPS) is 11.9. The van der Waals surface area contributed by atoms with Gasteiger partial charge in [-0.2, -0.15) is 0 Å². The molecule has 0 radical (unpaired) electrons. The van der Waals surface area contributed by atoms with Crippen molar-refractivity contribution in [3.05, 3.63) is 179 Å². The van der Waals surface area contributed by atoms with Crippen molar-refractivity contribution in [1.82, 2.24) is 0 Å². The first-order chi connectivity index (χ1) is 25.3. The highest BCUT2D eigenvalue weighted by atomic mass is 35.5. The second kappa shape index (κ2) is 14.3. The van der Waals surface area contributed by atoms with Gasteiger partial charge >= 0.3 is 0 Å². The Kier molecular flexibility index (Phi) is 9.70. The van der Waals surface area contributed by atoms with E-state index >= 15 is 0 Å². The first kappa shape index (κ1) is 36.1.